The van der Waals surface area contributed by atoms with Gasteiger partial charge in [-0.25, -0.2) is 0 Å². The highest BCUT2D eigenvalue weighted by atomic mass is 15.1. The van der Waals surface area contributed by atoms with Crippen molar-refractivity contribution in [2.75, 3.05) is 24.5 Å². The van der Waals surface area contributed by atoms with Crippen LogP contribution in [0.25, 0.3) is 0 Å². The molecule has 1 unspecified atom stereocenters. The summed E-state index contributed by atoms with van der Waals surface area (Å²) in [6.45, 7) is 10.3. The molecule has 19 heavy (non-hydrogen) atoms. The molecule has 0 spiro atoms. The van der Waals surface area contributed by atoms with Crippen LogP contribution in [-0.2, 0) is 0 Å². The van der Waals surface area contributed by atoms with Crippen molar-refractivity contribution in [1.82, 2.24) is 5.32 Å². The van der Waals surface area contributed by atoms with E-state index in [1.54, 1.807) is 0 Å². The second kappa shape index (κ2) is 6.42. The summed E-state index contributed by atoms with van der Waals surface area (Å²) >= 11 is 0. The minimum absolute atomic E-state index is 0.356. The van der Waals surface area contributed by atoms with E-state index in [1.165, 1.54) is 24.9 Å². The van der Waals surface area contributed by atoms with Crippen molar-refractivity contribution in [3.8, 4) is 0 Å². The van der Waals surface area contributed by atoms with E-state index in [9.17, 15) is 0 Å². The summed E-state index contributed by atoms with van der Waals surface area (Å²) in [5, 5.41) is 3.70. The maximum Gasteiger partial charge on any atom is 0.0366 e. The molecule has 2 nitrogen and oxygen atoms in total. The van der Waals surface area contributed by atoms with Crippen LogP contribution in [0.3, 0.4) is 0 Å². The maximum atomic E-state index is 3.70. The first-order valence-corrected chi connectivity index (χ1v) is 7.70. The lowest BCUT2D eigenvalue weighted by molar-refractivity contribution is 0.295. The van der Waals surface area contributed by atoms with Gasteiger partial charge in [0.05, 0.1) is 0 Å². The standard InChI is InChI=1S/C17H28N2/c1-4-17(3,13-18-15-11-12-15)14-19(5-2)16-9-7-6-8-10-16/h6-10,15,18H,4-5,11-14H2,1-3H3. The van der Waals surface area contributed by atoms with E-state index in [1.807, 2.05) is 0 Å². The van der Waals surface area contributed by atoms with Crippen LogP contribution in [-0.4, -0.2) is 25.7 Å². The van der Waals surface area contributed by atoms with Crippen LogP contribution in [0.2, 0.25) is 0 Å². The highest BCUT2D eigenvalue weighted by Crippen LogP contribution is 2.27. The lowest BCUT2D eigenvalue weighted by Crippen LogP contribution is -2.42. The molecule has 0 aliphatic heterocycles. The van der Waals surface area contributed by atoms with Crippen molar-refractivity contribution >= 4 is 5.69 Å². The summed E-state index contributed by atoms with van der Waals surface area (Å²) in [7, 11) is 0. The Morgan fingerprint density at radius 1 is 1.21 bits per heavy atom. The maximum absolute atomic E-state index is 3.70. The fourth-order valence-corrected chi connectivity index (χ4v) is 2.46. The second-order valence-electron chi connectivity index (χ2n) is 6.17. The molecule has 0 bridgehead atoms. The third kappa shape index (κ3) is 4.24. The summed E-state index contributed by atoms with van der Waals surface area (Å²) in [5.74, 6) is 0. The topological polar surface area (TPSA) is 15.3 Å². The lowest BCUT2D eigenvalue weighted by atomic mass is 9.86. The predicted octanol–water partition coefficient (Wildman–Crippen LogP) is 3.68. The Labute approximate surface area is 118 Å². The largest absolute Gasteiger partial charge is 0.371 e. The van der Waals surface area contributed by atoms with Crippen LogP contribution >= 0.6 is 0 Å². The zero-order chi connectivity index (χ0) is 13.7. The number of hydrogen-bond donors (Lipinski definition) is 1. The molecule has 1 aliphatic carbocycles. The third-order valence-electron chi connectivity index (χ3n) is 4.32. The smallest absolute Gasteiger partial charge is 0.0366 e. The molecule has 2 rings (SSSR count). The average molecular weight is 260 g/mol. The molecule has 1 aromatic carbocycles. The highest BCUT2D eigenvalue weighted by Gasteiger charge is 2.28. The second-order valence-corrected chi connectivity index (χ2v) is 6.17. The van der Waals surface area contributed by atoms with E-state index in [0.717, 1.165) is 25.7 Å². The van der Waals surface area contributed by atoms with E-state index in [2.05, 4.69) is 61.3 Å². The minimum Gasteiger partial charge on any atom is -0.371 e. The van der Waals surface area contributed by atoms with Gasteiger partial charge in [-0.2, -0.15) is 0 Å². The van der Waals surface area contributed by atoms with Crippen molar-refractivity contribution < 1.29 is 0 Å². The van der Waals surface area contributed by atoms with Gasteiger partial charge >= 0.3 is 0 Å². The van der Waals surface area contributed by atoms with Gasteiger partial charge in [-0.05, 0) is 43.7 Å². The number of nitrogens with zero attached hydrogens (tertiary/aromatic N) is 1. The number of hydrogen-bond acceptors (Lipinski definition) is 2. The van der Waals surface area contributed by atoms with Gasteiger partial charge in [0.15, 0.2) is 0 Å². The number of para-hydroxylation sites is 1. The van der Waals surface area contributed by atoms with Gasteiger partial charge in [-0.15, -0.1) is 0 Å². The van der Waals surface area contributed by atoms with E-state index >= 15 is 0 Å². The Hall–Kier alpha value is -1.02. The molecule has 1 fully saturated rings. The van der Waals surface area contributed by atoms with Crippen LogP contribution in [0.15, 0.2) is 30.3 Å². The van der Waals surface area contributed by atoms with E-state index in [4.69, 9.17) is 0 Å². The minimum atomic E-state index is 0.356. The summed E-state index contributed by atoms with van der Waals surface area (Å²) in [4.78, 5) is 2.50. The van der Waals surface area contributed by atoms with E-state index in [-0.39, 0.29) is 0 Å². The summed E-state index contributed by atoms with van der Waals surface area (Å²) in [6, 6.07) is 11.6. The number of nitrogens with one attached hydrogen (secondary N) is 1. The van der Waals surface area contributed by atoms with E-state index < -0.39 is 0 Å². The molecule has 1 aliphatic rings. The van der Waals surface area contributed by atoms with Crippen molar-refractivity contribution in [2.24, 2.45) is 5.41 Å². The quantitative estimate of drug-likeness (QED) is 0.767. The molecule has 0 radical (unpaired) electrons. The zero-order valence-electron chi connectivity index (χ0n) is 12.7. The van der Waals surface area contributed by atoms with E-state index in [0.29, 0.717) is 5.41 Å². The van der Waals surface area contributed by atoms with Gasteiger partial charge in [-0.3, -0.25) is 0 Å². The van der Waals surface area contributed by atoms with Crippen molar-refractivity contribution in [1.29, 1.82) is 0 Å². The molecule has 0 saturated heterocycles. The lowest BCUT2D eigenvalue weighted by Gasteiger charge is -2.36. The molecule has 0 amide bonds. The molecule has 2 heteroatoms. The molecule has 1 saturated carbocycles. The third-order valence-corrected chi connectivity index (χ3v) is 4.32. The Balaban J connectivity index is 1.97. The van der Waals surface area contributed by atoms with Crippen molar-refractivity contribution in [2.45, 2.75) is 46.1 Å². The van der Waals surface area contributed by atoms with Crippen LogP contribution < -0.4 is 10.2 Å². The molecular formula is C17H28N2. The first-order chi connectivity index (χ1) is 9.17. The van der Waals surface area contributed by atoms with Crippen molar-refractivity contribution in [3.63, 3.8) is 0 Å². The Morgan fingerprint density at radius 2 is 1.89 bits per heavy atom. The van der Waals surface area contributed by atoms with Gasteiger partial charge in [0.2, 0.25) is 0 Å². The van der Waals surface area contributed by atoms with Crippen LogP contribution in [0.5, 0.6) is 0 Å². The molecule has 0 heterocycles. The Bertz CT molecular complexity index is 372. The van der Waals surface area contributed by atoms with Gasteiger partial charge < -0.3 is 10.2 Å². The fourth-order valence-electron chi connectivity index (χ4n) is 2.46. The number of rotatable bonds is 8. The molecule has 0 aromatic heterocycles. The Morgan fingerprint density at radius 3 is 2.42 bits per heavy atom. The highest BCUT2D eigenvalue weighted by molar-refractivity contribution is 5.46. The average Bonchev–Trinajstić information content (AvgIpc) is 3.28. The van der Waals surface area contributed by atoms with Crippen molar-refractivity contribution in [3.05, 3.63) is 30.3 Å². The fraction of sp³-hybridized carbons (Fsp3) is 0.647. The van der Waals surface area contributed by atoms with Gasteiger partial charge in [-0.1, -0.05) is 32.0 Å². The zero-order valence-corrected chi connectivity index (χ0v) is 12.7. The number of benzene rings is 1. The molecule has 1 N–H and O–H groups in total. The van der Waals surface area contributed by atoms with Gasteiger partial charge in [0.25, 0.3) is 0 Å². The summed E-state index contributed by atoms with van der Waals surface area (Å²) in [5.41, 5.74) is 1.70. The molecule has 1 aromatic rings. The van der Waals surface area contributed by atoms with Gasteiger partial charge in [0.1, 0.15) is 0 Å². The van der Waals surface area contributed by atoms with Crippen LogP contribution in [0, 0.1) is 5.41 Å². The first-order valence-electron chi connectivity index (χ1n) is 7.70. The number of anilines is 1. The first kappa shape index (κ1) is 14.4. The van der Waals surface area contributed by atoms with Gasteiger partial charge in [0, 0.05) is 31.4 Å². The summed E-state index contributed by atoms with van der Waals surface area (Å²) < 4.78 is 0. The predicted molar refractivity (Wildman–Crippen MR) is 83.8 cm³/mol. The normalized spacial score (nSPS) is 18.1. The van der Waals surface area contributed by atoms with Crippen LogP contribution in [0.4, 0.5) is 5.69 Å². The monoisotopic (exact) mass is 260 g/mol. The molecule has 1 atom stereocenters. The Kier molecular flexibility index (Phi) is 4.87. The molecule has 106 valence electrons. The summed E-state index contributed by atoms with van der Waals surface area (Å²) in [6.07, 6.45) is 3.96. The van der Waals surface area contributed by atoms with Crippen LogP contribution in [0.1, 0.15) is 40.0 Å². The SMILES string of the molecule is CCN(CC(C)(CC)CNC1CC1)c1ccccc1. The molecular weight excluding hydrogens is 232 g/mol.